The summed E-state index contributed by atoms with van der Waals surface area (Å²) in [5, 5.41) is 0. The maximum Gasteiger partial charge on any atom is 0.344 e. The lowest BCUT2D eigenvalue weighted by atomic mass is 9.85. The fraction of sp³-hybridized carbons (Fsp3) is 0.240. The van der Waals surface area contributed by atoms with Crippen LogP contribution in [0.5, 0.6) is 5.75 Å². The van der Waals surface area contributed by atoms with Crippen LogP contribution >= 0.6 is 0 Å². The molecule has 0 atom stereocenters. The molecule has 0 spiro atoms. The molecule has 0 radical (unpaired) electrons. The molecular formula is C25H26O3. The molecule has 0 saturated carbocycles. The van der Waals surface area contributed by atoms with Gasteiger partial charge >= 0.3 is 5.97 Å². The molecule has 0 saturated heterocycles. The Morgan fingerprint density at radius 1 is 0.750 bits per heavy atom. The number of carbonyl (C=O) groups is 1. The van der Waals surface area contributed by atoms with Crippen LogP contribution in [0.1, 0.15) is 43.4 Å². The predicted molar refractivity (Wildman–Crippen MR) is 112 cm³/mol. The molecule has 28 heavy (non-hydrogen) atoms. The van der Waals surface area contributed by atoms with E-state index >= 15 is 0 Å². The van der Waals surface area contributed by atoms with Gasteiger partial charge in [-0.1, -0.05) is 72.8 Å². The van der Waals surface area contributed by atoms with Crippen LogP contribution in [-0.4, -0.2) is 18.2 Å². The van der Waals surface area contributed by atoms with Gasteiger partial charge in [0, 0.05) is 5.92 Å². The van der Waals surface area contributed by atoms with E-state index in [-0.39, 0.29) is 18.5 Å². The number of ether oxygens (including phenoxy) is 2. The Balaban J connectivity index is 1.77. The van der Waals surface area contributed by atoms with E-state index in [4.69, 9.17) is 9.47 Å². The van der Waals surface area contributed by atoms with Crippen molar-refractivity contribution < 1.29 is 14.3 Å². The SMILES string of the molecule is CC(C)(C)OC(=O)COc1ccc(C(c2ccccc2)c2ccccc2)cc1. The third-order valence-electron chi connectivity index (χ3n) is 4.26. The van der Waals surface area contributed by atoms with Crippen LogP contribution in [-0.2, 0) is 9.53 Å². The molecule has 0 aromatic heterocycles. The van der Waals surface area contributed by atoms with E-state index in [1.54, 1.807) is 0 Å². The topological polar surface area (TPSA) is 35.5 Å². The Hall–Kier alpha value is -3.07. The zero-order valence-electron chi connectivity index (χ0n) is 16.6. The van der Waals surface area contributed by atoms with Crippen molar-refractivity contribution in [3.8, 4) is 5.75 Å². The van der Waals surface area contributed by atoms with E-state index in [9.17, 15) is 4.79 Å². The highest BCUT2D eigenvalue weighted by Crippen LogP contribution is 2.32. The summed E-state index contributed by atoms with van der Waals surface area (Å²) in [7, 11) is 0. The summed E-state index contributed by atoms with van der Waals surface area (Å²) in [5.41, 5.74) is 3.12. The second kappa shape index (κ2) is 8.75. The molecule has 0 aliphatic heterocycles. The Morgan fingerprint density at radius 3 is 1.68 bits per heavy atom. The van der Waals surface area contributed by atoms with Crippen LogP contribution in [0.2, 0.25) is 0 Å². The van der Waals surface area contributed by atoms with Gasteiger partial charge in [-0.2, -0.15) is 0 Å². The van der Waals surface area contributed by atoms with Crippen LogP contribution in [0.15, 0.2) is 84.9 Å². The molecule has 0 heterocycles. The molecule has 0 aliphatic rings. The van der Waals surface area contributed by atoms with Gasteiger partial charge in [0.25, 0.3) is 0 Å². The first kappa shape index (κ1) is 19.7. The molecule has 3 rings (SSSR count). The summed E-state index contributed by atoms with van der Waals surface area (Å²) >= 11 is 0. The van der Waals surface area contributed by atoms with Crippen molar-refractivity contribution in [1.29, 1.82) is 0 Å². The van der Waals surface area contributed by atoms with Crippen molar-refractivity contribution in [3.05, 3.63) is 102 Å². The minimum Gasteiger partial charge on any atom is -0.482 e. The van der Waals surface area contributed by atoms with Crippen LogP contribution in [0.25, 0.3) is 0 Å². The van der Waals surface area contributed by atoms with Crippen molar-refractivity contribution in [2.75, 3.05) is 6.61 Å². The summed E-state index contributed by atoms with van der Waals surface area (Å²) in [4.78, 5) is 11.8. The molecule has 144 valence electrons. The average Bonchev–Trinajstić information content (AvgIpc) is 2.68. The quantitative estimate of drug-likeness (QED) is 0.417. The zero-order chi connectivity index (χ0) is 20.0. The molecule has 3 aromatic rings. The first-order chi connectivity index (χ1) is 13.4. The highest BCUT2D eigenvalue weighted by atomic mass is 16.6. The Labute approximate surface area is 166 Å². The monoisotopic (exact) mass is 374 g/mol. The molecule has 0 aliphatic carbocycles. The molecule has 0 bridgehead atoms. The van der Waals surface area contributed by atoms with Gasteiger partial charge in [-0.15, -0.1) is 0 Å². The largest absolute Gasteiger partial charge is 0.482 e. The molecular weight excluding hydrogens is 348 g/mol. The molecule has 3 nitrogen and oxygen atoms in total. The standard InChI is InChI=1S/C25H26O3/c1-25(2,3)28-23(26)18-27-22-16-14-21(15-17-22)24(19-10-6-4-7-11-19)20-12-8-5-9-13-20/h4-17,24H,18H2,1-3H3. The molecule has 0 fully saturated rings. The first-order valence-electron chi connectivity index (χ1n) is 9.47. The zero-order valence-corrected chi connectivity index (χ0v) is 16.6. The van der Waals surface area contributed by atoms with Crippen molar-refractivity contribution in [2.45, 2.75) is 32.3 Å². The highest BCUT2D eigenvalue weighted by molar-refractivity contribution is 5.71. The van der Waals surface area contributed by atoms with E-state index in [2.05, 4.69) is 60.7 Å². The van der Waals surface area contributed by atoms with Gasteiger partial charge in [0.05, 0.1) is 0 Å². The number of rotatable bonds is 6. The van der Waals surface area contributed by atoms with Crippen LogP contribution < -0.4 is 4.74 Å². The second-order valence-corrected chi connectivity index (χ2v) is 7.70. The van der Waals surface area contributed by atoms with Crippen molar-refractivity contribution in [3.63, 3.8) is 0 Å². The molecule has 3 heteroatoms. The maximum absolute atomic E-state index is 11.8. The minimum atomic E-state index is -0.511. The lowest BCUT2D eigenvalue weighted by Gasteiger charge is -2.20. The van der Waals surface area contributed by atoms with Crippen LogP contribution in [0.3, 0.4) is 0 Å². The van der Waals surface area contributed by atoms with Gasteiger partial charge < -0.3 is 9.47 Å². The summed E-state index contributed by atoms with van der Waals surface area (Å²) in [5.74, 6) is 0.416. The fourth-order valence-electron chi connectivity index (χ4n) is 3.14. The third kappa shape index (κ3) is 5.46. The lowest BCUT2D eigenvalue weighted by molar-refractivity contribution is -0.157. The smallest absolute Gasteiger partial charge is 0.344 e. The molecule has 0 amide bonds. The van der Waals surface area contributed by atoms with E-state index in [1.165, 1.54) is 16.7 Å². The molecule has 3 aromatic carbocycles. The maximum atomic E-state index is 11.8. The Bertz CT molecular complexity index is 839. The van der Waals surface area contributed by atoms with Crippen molar-refractivity contribution in [2.24, 2.45) is 0 Å². The number of benzene rings is 3. The third-order valence-corrected chi connectivity index (χ3v) is 4.26. The fourth-order valence-corrected chi connectivity index (χ4v) is 3.14. The summed E-state index contributed by atoms with van der Waals surface area (Å²) in [6, 6.07) is 28.8. The van der Waals surface area contributed by atoms with E-state index in [0.29, 0.717) is 5.75 Å². The van der Waals surface area contributed by atoms with Gasteiger partial charge in [0.1, 0.15) is 11.4 Å². The number of hydrogen-bond acceptors (Lipinski definition) is 3. The van der Waals surface area contributed by atoms with Gasteiger partial charge in [-0.3, -0.25) is 0 Å². The van der Waals surface area contributed by atoms with E-state index in [0.717, 1.165) is 0 Å². The van der Waals surface area contributed by atoms with Gasteiger partial charge in [-0.25, -0.2) is 4.79 Å². The predicted octanol–water partition coefficient (Wildman–Crippen LogP) is 5.59. The molecule has 0 N–H and O–H groups in total. The second-order valence-electron chi connectivity index (χ2n) is 7.70. The van der Waals surface area contributed by atoms with Gasteiger partial charge in [-0.05, 0) is 49.6 Å². The lowest BCUT2D eigenvalue weighted by Crippen LogP contribution is -2.27. The van der Waals surface area contributed by atoms with E-state index in [1.807, 2.05) is 45.0 Å². The highest BCUT2D eigenvalue weighted by Gasteiger charge is 2.18. The van der Waals surface area contributed by atoms with Crippen molar-refractivity contribution >= 4 is 5.97 Å². The first-order valence-corrected chi connectivity index (χ1v) is 9.47. The Kier molecular flexibility index (Phi) is 6.15. The summed E-state index contributed by atoms with van der Waals surface area (Å²) < 4.78 is 10.9. The summed E-state index contributed by atoms with van der Waals surface area (Å²) in [6.07, 6.45) is 0. The number of carbonyl (C=O) groups excluding carboxylic acids is 1. The summed E-state index contributed by atoms with van der Waals surface area (Å²) in [6.45, 7) is 5.42. The van der Waals surface area contributed by atoms with Crippen molar-refractivity contribution in [1.82, 2.24) is 0 Å². The number of hydrogen-bond donors (Lipinski definition) is 0. The minimum absolute atomic E-state index is 0.0998. The molecule has 0 unspecified atom stereocenters. The van der Waals surface area contributed by atoms with Gasteiger partial charge in [0.2, 0.25) is 0 Å². The van der Waals surface area contributed by atoms with E-state index < -0.39 is 5.60 Å². The Morgan fingerprint density at radius 2 is 1.21 bits per heavy atom. The average molecular weight is 374 g/mol. The number of esters is 1. The van der Waals surface area contributed by atoms with Gasteiger partial charge in [0.15, 0.2) is 6.61 Å². The van der Waals surface area contributed by atoms with Crippen LogP contribution in [0.4, 0.5) is 0 Å². The normalized spacial score (nSPS) is 11.3. The van der Waals surface area contributed by atoms with Crippen LogP contribution in [0, 0.1) is 0 Å².